The third kappa shape index (κ3) is 4.81. The highest BCUT2D eigenvalue weighted by Crippen LogP contribution is 2.25. The predicted molar refractivity (Wildman–Crippen MR) is 68.6 cm³/mol. The fourth-order valence-electron chi connectivity index (χ4n) is 2.93. The first kappa shape index (κ1) is 13.9. The number of hydrogen-bond acceptors (Lipinski definition) is 3. The summed E-state index contributed by atoms with van der Waals surface area (Å²) in [5.41, 5.74) is -0.585. The van der Waals surface area contributed by atoms with Crippen LogP contribution < -0.4 is 5.32 Å². The lowest BCUT2D eigenvalue weighted by molar-refractivity contribution is 0.0361. The smallest absolute Gasteiger partial charge is 0.0718 e. The molecule has 1 fully saturated rings. The topological polar surface area (TPSA) is 35.5 Å². The van der Waals surface area contributed by atoms with Gasteiger partial charge in [-0.3, -0.25) is 0 Å². The summed E-state index contributed by atoms with van der Waals surface area (Å²) >= 11 is 0. The van der Waals surface area contributed by atoms with Crippen molar-refractivity contribution in [2.75, 3.05) is 27.2 Å². The van der Waals surface area contributed by atoms with E-state index in [2.05, 4.69) is 24.3 Å². The minimum absolute atomic E-state index is 0.585. The van der Waals surface area contributed by atoms with Crippen molar-refractivity contribution in [2.24, 2.45) is 5.92 Å². The van der Waals surface area contributed by atoms with Gasteiger partial charge in [-0.1, -0.05) is 12.8 Å². The Morgan fingerprint density at radius 2 is 1.94 bits per heavy atom. The summed E-state index contributed by atoms with van der Waals surface area (Å²) < 4.78 is 0. The predicted octanol–water partition coefficient (Wildman–Crippen LogP) is 1.47. The Labute approximate surface area is 100 Å². The van der Waals surface area contributed by atoms with Gasteiger partial charge in [0.2, 0.25) is 0 Å². The molecule has 0 amide bonds. The lowest BCUT2D eigenvalue weighted by Gasteiger charge is -2.35. The van der Waals surface area contributed by atoms with Crippen molar-refractivity contribution in [1.29, 1.82) is 0 Å². The first-order valence-electron chi connectivity index (χ1n) is 6.50. The lowest BCUT2D eigenvalue weighted by Crippen LogP contribution is -2.45. The molecule has 0 bridgehead atoms. The minimum atomic E-state index is -0.585. The van der Waals surface area contributed by atoms with E-state index in [9.17, 15) is 5.11 Å². The standard InChI is InChI=1S/C13H28N2O/c1-13(2,16)10-15(4)9-11-7-5-6-8-12(11)14-3/h11-12,14,16H,5-10H2,1-4H3. The summed E-state index contributed by atoms with van der Waals surface area (Å²) in [5, 5.41) is 13.2. The molecule has 96 valence electrons. The van der Waals surface area contributed by atoms with Gasteiger partial charge >= 0.3 is 0 Å². The van der Waals surface area contributed by atoms with E-state index < -0.39 is 5.60 Å². The summed E-state index contributed by atoms with van der Waals surface area (Å²) in [4.78, 5) is 2.26. The molecule has 3 heteroatoms. The number of rotatable bonds is 5. The van der Waals surface area contributed by atoms with Crippen LogP contribution >= 0.6 is 0 Å². The van der Waals surface area contributed by atoms with Crippen molar-refractivity contribution in [3.8, 4) is 0 Å². The Bertz CT molecular complexity index is 201. The van der Waals surface area contributed by atoms with Crippen LogP contribution in [0.2, 0.25) is 0 Å². The fraction of sp³-hybridized carbons (Fsp3) is 1.00. The molecule has 3 nitrogen and oxygen atoms in total. The van der Waals surface area contributed by atoms with Gasteiger partial charge in [-0.15, -0.1) is 0 Å². The number of nitrogens with one attached hydrogen (secondary N) is 1. The Hall–Kier alpha value is -0.120. The van der Waals surface area contributed by atoms with Gasteiger partial charge in [-0.25, -0.2) is 0 Å². The van der Waals surface area contributed by atoms with Crippen LogP contribution in [-0.4, -0.2) is 48.8 Å². The Morgan fingerprint density at radius 1 is 1.31 bits per heavy atom. The monoisotopic (exact) mass is 228 g/mol. The zero-order chi connectivity index (χ0) is 12.2. The van der Waals surface area contributed by atoms with Crippen molar-refractivity contribution in [1.82, 2.24) is 10.2 Å². The van der Waals surface area contributed by atoms with E-state index in [4.69, 9.17) is 0 Å². The molecule has 0 aromatic heterocycles. The molecular formula is C13H28N2O. The van der Waals surface area contributed by atoms with Crippen molar-refractivity contribution in [3.05, 3.63) is 0 Å². The summed E-state index contributed by atoms with van der Waals surface area (Å²) in [6.45, 7) is 5.59. The van der Waals surface area contributed by atoms with Gasteiger partial charge in [-0.2, -0.15) is 0 Å². The van der Waals surface area contributed by atoms with E-state index in [1.165, 1.54) is 25.7 Å². The summed E-state index contributed by atoms with van der Waals surface area (Å²) in [6.07, 6.45) is 5.34. The van der Waals surface area contributed by atoms with Crippen molar-refractivity contribution < 1.29 is 5.11 Å². The second-order valence-electron chi connectivity index (χ2n) is 5.95. The van der Waals surface area contributed by atoms with E-state index >= 15 is 0 Å². The van der Waals surface area contributed by atoms with Crippen molar-refractivity contribution in [2.45, 2.75) is 51.2 Å². The molecule has 0 heterocycles. The van der Waals surface area contributed by atoms with Crippen molar-refractivity contribution >= 4 is 0 Å². The zero-order valence-corrected chi connectivity index (χ0v) is 11.3. The molecule has 0 aliphatic heterocycles. The second kappa shape index (κ2) is 5.99. The molecule has 1 aliphatic carbocycles. The van der Waals surface area contributed by atoms with E-state index in [-0.39, 0.29) is 0 Å². The molecule has 1 rings (SSSR count). The van der Waals surface area contributed by atoms with Crippen molar-refractivity contribution in [3.63, 3.8) is 0 Å². The van der Waals surface area contributed by atoms with E-state index in [0.717, 1.165) is 19.0 Å². The van der Waals surface area contributed by atoms with Crippen LogP contribution in [0.4, 0.5) is 0 Å². The maximum atomic E-state index is 9.78. The van der Waals surface area contributed by atoms with E-state index in [1.54, 1.807) is 0 Å². The molecule has 0 aromatic carbocycles. The highest BCUT2D eigenvalue weighted by molar-refractivity contribution is 4.82. The average Bonchev–Trinajstić information content (AvgIpc) is 2.15. The van der Waals surface area contributed by atoms with Gasteiger partial charge in [0, 0.05) is 19.1 Å². The lowest BCUT2D eigenvalue weighted by atomic mass is 9.84. The van der Waals surface area contributed by atoms with Crippen LogP contribution in [-0.2, 0) is 0 Å². The van der Waals surface area contributed by atoms with Crippen LogP contribution in [0, 0.1) is 5.92 Å². The molecule has 2 N–H and O–H groups in total. The molecule has 2 atom stereocenters. The van der Waals surface area contributed by atoms with Gasteiger partial charge < -0.3 is 15.3 Å². The molecule has 0 aromatic rings. The molecule has 16 heavy (non-hydrogen) atoms. The van der Waals surface area contributed by atoms with Crippen LogP contribution in [0.1, 0.15) is 39.5 Å². The molecule has 0 spiro atoms. The maximum absolute atomic E-state index is 9.78. The van der Waals surface area contributed by atoms with E-state index in [0.29, 0.717) is 6.04 Å². The minimum Gasteiger partial charge on any atom is -0.389 e. The molecule has 0 radical (unpaired) electrons. The van der Waals surface area contributed by atoms with Gasteiger partial charge in [0.15, 0.2) is 0 Å². The third-order valence-electron chi connectivity index (χ3n) is 3.48. The quantitative estimate of drug-likeness (QED) is 0.748. The van der Waals surface area contributed by atoms with Gasteiger partial charge in [0.1, 0.15) is 0 Å². The normalized spacial score (nSPS) is 27.4. The van der Waals surface area contributed by atoms with Crippen LogP contribution in [0.25, 0.3) is 0 Å². The molecule has 1 aliphatic rings. The molecular weight excluding hydrogens is 200 g/mol. The molecule has 0 saturated heterocycles. The van der Waals surface area contributed by atoms with Gasteiger partial charge in [0.25, 0.3) is 0 Å². The number of nitrogens with zero attached hydrogens (tertiary/aromatic N) is 1. The van der Waals surface area contributed by atoms with Crippen LogP contribution in [0.15, 0.2) is 0 Å². The van der Waals surface area contributed by atoms with Gasteiger partial charge in [0.05, 0.1) is 5.60 Å². The van der Waals surface area contributed by atoms with Crippen LogP contribution in [0.3, 0.4) is 0 Å². The highest BCUT2D eigenvalue weighted by atomic mass is 16.3. The average molecular weight is 228 g/mol. The first-order valence-corrected chi connectivity index (χ1v) is 6.50. The molecule has 2 unspecified atom stereocenters. The Balaban J connectivity index is 2.39. The SMILES string of the molecule is CNC1CCCCC1CN(C)CC(C)(C)O. The number of likely N-dealkylation sites (N-methyl/N-ethyl adjacent to an activating group) is 1. The van der Waals surface area contributed by atoms with Gasteiger partial charge in [-0.05, 0) is 46.7 Å². The van der Waals surface area contributed by atoms with E-state index in [1.807, 2.05) is 13.8 Å². The molecule has 1 saturated carbocycles. The largest absolute Gasteiger partial charge is 0.389 e. The number of aliphatic hydroxyl groups is 1. The Kier molecular flexibility index (Phi) is 5.22. The fourth-order valence-corrected chi connectivity index (χ4v) is 2.93. The summed E-state index contributed by atoms with van der Waals surface area (Å²) in [6, 6.07) is 0.665. The summed E-state index contributed by atoms with van der Waals surface area (Å²) in [7, 11) is 4.18. The Morgan fingerprint density at radius 3 is 2.50 bits per heavy atom. The second-order valence-corrected chi connectivity index (χ2v) is 5.95. The summed E-state index contributed by atoms with van der Waals surface area (Å²) in [5.74, 6) is 0.742. The zero-order valence-electron chi connectivity index (χ0n) is 11.3. The number of hydrogen-bond donors (Lipinski definition) is 2. The maximum Gasteiger partial charge on any atom is 0.0718 e. The van der Waals surface area contributed by atoms with Crippen LogP contribution in [0.5, 0.6) is 0 Å². The third-order valence-corrected chi connectivity index (χ3v) is 3.48. The first-order chi connectivity index (χ1) is 7.42. The highest BCUT2D eigenvalue weighted by Gasteiger charge is 2.26.